The topological polar surface area (TPSA) is 94.2 Å². The van der Waals surface area contributed by atoms with Crippen LogP contribution in [0.3, 0.4) is 0 Å². The number of nitrogens with zero attached hydrogens (tertiary/aromatic N) is 2. The summed E-state index contributed by atoms with van der Waals surface area (Å²) in [7, 11) is 0. The molecule has 0 spiro atoms. The van der Waals surface area contributed by atoms with Gasteiger partial charge in [0.1, 0.15) is 6.61 Å². The normalized spacial score (nSPS) is 13.0. The molecule has 3 rings (SSSR count). The number of aliphatic hydroxyl groups is 1. The Hall–Kier alpha value is -3.15. The fourth-order valence-electron chi connectivity index (χ4n) is 3.59. The molecule has 1 aliphatic rings. The molecule has 2 N–H and O–H groups in total. The Kier molecular flexibility index (Phi) is 6.01. The van der Waals surface area contributed by atoms with Gasteiger partial charge in [0.15, 0.2) is 5.78 Å². The van der Waals surface area contributed by atoms with E-state index in [-0.39, 0.29) is 24.2 Å². The molecule has 1 fully saturated rings. The lowest BCUT2D eigenvalue weighted by molar-refractivity contribution is 0.103. The van der Waals surface area contributed by atoms with Crippen LogP contribution in [0.25, 0.3) is 0 Å². The van der Waals surface area contributed by atoms with Crippen LogP contribution in [-0.2, 0) is 6.42 Å². The van der Waals surface area contributed by atoms with Gasteiger partial charge in [0.2, 0.25) is 5.88 Å². The summed E-state index contributed by atoms with van der Waals surface area (Å²) in [5, 5.41) is 28.8. The highest BCUT2D eigenvalue weighted by Gasteiger charge is 2.30. The van der Waals surface area contributed by atoms with Crippen molar-refractivity contribution in [2.24, 2.45) is 5.92 Å². The highest BCUT2D eigenvalue weighted by Crippen LogP contribution is 2.39. The second-order valence-electron chi connectivity index (χ2n) is 7.79. The van der Waals surface area contributed by atoms with Gasteiger partial charge in [-0.3, -0.25) is 4.79 Å². The number of carbonyl (C=O) groups excluding carboxylic acids is 1. The number of hydrogen-bond donors (Lipinski definition) is 2. The highest BCUT2D eigenvalue weighted by molar-refractivity contribution is 6.11. The van der Waals surface area contributed by atoms with E-state index in [2.05, 4.69) is 22.9 Å². The first-order valence-electron chi connectivity index (χ1n) is 9.77. The largest absolute Gasteiger partial charge is 0.493 e. The third-order valence-electron chi connectivity index (χ3n) is 5.15. The zero-order valence-corrected chi connectivity index (χ0v) is 16.9. The first kappa shape index (κ1) is 20.6. The molecule has 2 aromatic rings. The van der Waals surface area contributed by atoms with Crippen LogP contribution in [0.15, 0.2) is 18.2 Å². The summed E-state index contributed by atoms with van der Waals surface area (Å²) in [5.41, 5.74) is 3.74. The number of aliphatic hydroxyl groups excluding tert-OH is 1. The molecule has 0 aliphatic heterocycles. The lowest BCUT2D eigenvalue weighted by Crippen LogP contribution is -2.15. The maximum absolute atomic E-state index is 13.6. The van der Waals surface area contributed by atoms with Crippen molar-refractivity contribution in [1.82, 2.24) is 4.98 Å². The van der Waals surface area contributed by atoms with Gasteiger partial charge >= 0.3 is 0 Å². The van der Waals surface area contributed by atoms with Crippen LogP contribution in [-0.4, -0.2) is 27.6 Å². The lowest BCUT2D eigenvalue weighted by Gasteiger charge is -2.19. The SMILES string of the molecule is Cc1nc(O)c(C(C)C)c(C(=O)c2cc(C#N)cc(C#CCO)c2)c1CC1CC1. The summed E-state index contributed by atoms with van der Waals surface area (Å²) in [4.78, 5) is 18.0. The van der Waals surface area contributed by atoms with Crippen molar-refractivity contribution in [3.8, 4) is 23.8 Å². The number of aromatic nitrogens is 1. The molecule has 5 nitrogen and oxygen atoms in total. The summed E-state index contributed by atoms with van der Waals surface area (Å²) in [6.45, 7) is 5.36. The minimum Gasteiger partial charge on any atom is -0.493 e. The number of ketones is 1. The number of aryl methyl sites for hydroxylation is 1. The van der Waals surface area contributed by atoms with Crippen molar-refractivity contribution in [1.29, 1.82) is 5.26 Å². The molecule has 29 heavy (non-hydrogen) atoms. The Morgan fingerprint density at radius 3 is 2.55 bits per heavy atom. The Morgan fingerprint density at radius 1 is 1.28 bits per heavy atom. The third kappa shape index (κ3) is 4.47. The van der Waals surface area contributed by atoms with E-state index in [0.717, 1.165) is 24.8 Å². The molecule has 0 atom stereocenters. The van der Waals surface area contributed by atoms with Gasteiger partial charge in [0.05, 0.1) is 11.6 Å². The predicted molar refractivity (Wildman–Crippen MR) is 110 cm³/mol. The van der Waals surface area contributed by atoms with Crippen molar-refractivity contribution in [3.63, 3.8) is 0 Å². The monoisotopic (exact) mass is 388 g/mol. The summed E-state index contributed by atoms with van der Waals surface area (Å²) in [6.07, 6.45) is 3.03. The van der Waals surface area contributed by atoms with E-state index < -0.39 is 0 Å². The molecular weight excluding hydrogens is 364 g/mol. The molecule has 0 saturated heterocycles. The van der Waals surface area contributed by atoms with Crippen LogP contribution in [0.5, 0.6) is 5.88 Å². The standard InChI is InChI=1S/C24H24N2O3/c1-14(2)21-22(20(12-16-6-7-16)15(3)26-24(21)29)23(28)19-10-17(5-4-8-27)9-18(11-19)13-25/h9-11,14,16,27H,6-8,12H2,1-3H3,(H,26,29). The average molecular weight is 388 g/mol. The summed E-state index contributed by atoms with van der Waals surface area (Å²) in [5.74, 6) is 5.42. The van der Waals surface area contributed by atoms with Crippen molar-refractivity contribution in [2.75, 3.05) is 6.61 Å². The number of pyridine rings is 1. The number of carbonyl (C=O) groups is 1. The number of aromatic hydroxyl groups is 1. The first-order chi connectivity index (χ1) is 13.8. The maximum atomic E-state index is 13.6. The molecule has 0 radical (unpaired) electrons. The van der Waals surface area contributed by atoms with E-state index in [9.17, 15) is 15.2 Å². The van der Waals surface area contributed by atoms with Crippen molar-refractivity contribution >= 4 is 5.78 Å². The van der Waals surface area contributed by atoms with Gasteiger partial charge < -0.3 is 10.2 Å². The number of hydrogen-bond acceptors (Lipinski definition) is 5. The average Bonchev–Trinajstić information content (AvgIpc) is 3.51. The van der Waals surface area contributed by atoms with E-state index in [0.29, 0.717) is 39.4 Å². The molecular formula is C24H24N2O3. The van der Waals surface area contributed by atoms with Gasteiger partial charge in [0.25, 0.3) is 0 Å². The third-order valence-corrected chi connectivity index (χ3v) is 5.15. The van der Waals surface area contributed by atoms with E-state index in [1.54, 1.807) is 18.2 Å². The minimum atomic E-state index is -0.305. The van der Waals surface area contributed by atoms with Crippen LogP contribution in [0.2, 0.25) is 0 Å². The van der Waals surface area contributed by atoms with Crippen LogP contribution >= 0.6 is 0 Å². The lowest BCUT2D eigenvalue weighted by atomic mass is 9.86. The molecule has 1 aromatic heterocycles. The maximum Gasteiger partial charge on any atom is 0.215 e. The second-order valence-corrected chi connectivity index (χ2v) is 7.79. The fourth-order valence-corrected chi connectivity index (χ4v) is 3.59. The van der Waals surface area contributed by atoms with Gasteiger partial charge in [-0.2, -0.15) is 5.26 Å². The highest BCUT2D eigenvalue weighted by atomic mass is 16.3. The zero-order valence-electron chi connectivity index (χ0n) is 16.9. The van der Waals surface area contributed by atoms with Crippen LogP contribution in [0.4, 0.5) is 0 Å². The van der Waals surface area contributed by atoms with Gasteiger partial charge in [0, 0.05) is 27.9 Å². The number of rotatable bonds is 5. The molecule has 0 amide bonds. The van der Waals surface area contributed by atoms with Gasteiger partial charge in [-0.1, -0.05) is 25.7 Å². The molecule has 1 aromatic carbocycles. The van der Waals surface area contributed by atoms with E-state index >= 15 is 0 Å². The van der Waals surface area contributed by atoms with Crippen LogP contribution in [0.1, 0.15) is 76.5 Å². The van der Waals surface area contributed by atoms with Crippen molar-refractivity contribution in [2.45, 2.75) is 46.0 Å². The van der Waals surface area contributed by atoms with Crippen molar-refractivity contribution < 1.29 is 15.0 Å². The van der Waals surface area contributed by atoms with Crippen molar-refractivity contribution in [3.05, 3.63) is 57.3 Å². The second kappa shape index (κ2) is 8.47. The minimum absolute atomic E-state index is 0.0900. The first-order valence-corrected chi connectivity index (χ1v) is 9.77. The number of nitriles is 1. The summed E-state index contributed by atoms with van der Waals surface area (Å²) < 4.78 is 0. The Labute approximate surface area is 171 Å². The fraction of sp³-hybridized carbons (Fsp3) is 0.375. The van der Waals surface area contributed by atoms with E-state index in [1.165, 1.54) is 0 Å². The molecule has 0 bridgehead atoms. The van der Waals surface area contributed by atoms with Crippen LogP contribution in [0, 0.1) is 36.0 Å². The molecule has 0 unspecified atom stereocenters. The van der Waals surface area contributed by atoms with Gasteiger partial charge in [-0.05, 0) is 61.8 Å². The number of benzene rings is 1. The Morgan fingerprint density at radius 2 is 1.97 bits per heavy atom. The summed E-state index contributed by atoms with van der Waals surface area (Å²) >= 11 is 0. The van der Waals surface area contributed by atoms with E-state index in [1.807, 2.05) is 20.8 Å². The van der Waals surface area contributed by atoms with Crippen LogP contribution < -0.4 is 0 Å². The quantitative estimate of drug-likeness (QED) is 0.603. The molecule has 1 heterocycles. The van der Waals surface area contributed by atoms with Gasteiger partial charge in [-0.25, -0.2) is 4.98 Å². The predicted octanol–water partition coefficient (Wildman–Crippen LogP) is 3.62. The van der Waals surface area contributed by atoms with Gasteiger partial charge in [-0.15, -0.1) is 0 Å². The summed E-state index contributed by atoms with van der Waals surface area (Å²) in [6, 6.07) is 6.82. The Balaban J connectivity index is 2.21. The van der Waals surface area contributed by atoms with E-state index in [4.69, 9.17) is 5.11 Å². The Bertz CT molecular complexity index is 1060. The molecule has 5 heteroatoms. The molecule has 1 aliphatic carbocycles. The zero-order chi connectivity index (χ0) is 21.1. The smallest absolute Gasteiger partial charge is 0.215 e. The molecule has 1 saturated carbocycles. The molecule has 148 valence electrons.